The Kier molecular flexibility index (Phi) is 7.12. The number of halogens is 1. The van der Waals surface area contributed by atoms with Gasteiger partial charge in [-0.15, -0.1) is 0 Å². The van der Waals surface area contributed by atoms with Gasteiger partial charge in [-0.25, -0.2) is 17.6 Å². The van der Waals surface area contributed by atoms with Crippen molar-refractivity contribution in [2.75, 3.05) is 26.6 Å². The van der Waals surface area contributed by atoms with Gasteiger partial charge in [-0.05, 0) is 48.9 Å². The molecule has 7 nitrogen and oxygen atoms in total. The Hall–Kier alpha value is -3.01. The van der Waals surface area contributed by atoms with Crippen molar-refractivity contribution in [3.05, 3.63) is 71.7 Å². The zero-order chi connectivity index (χ0) is 23.5. The van der Waals surface area contributed by atoms with Crippen molar-refractivity contribution < 1.29 is 27.1 Å². The minimum absolute atomic E-state index is 0.0759. The highest BCUT2D eigenvalue weighted by molar-refractivity contribution is 7.90. The number of carbonyl (C=O) groups is 1. The van der Waals surface area contributed by atoms with Crippen molar-refractivity contribution in [1.82, 2.24) is 4.57 Å². The first-order chi connectivity index (χ1) is 15.1. The van der Waals surface area contributed by atoms with Gasteiger partial charge in [-0.1, -0.05) is 18.2 Å². The smallest absolute Gasteiger partial charge is 0.327 e. The van der Waals surface area contributed by atoms with E-state index in [1.807, 2.05) is 0 Å². The number of benzene rings is 2. The third-order valence-corrected chi connectivity index (χ3v) is 6.18. The van der Waals surface area contributed by atoms with Crippen LogP contribution in [0.25, 0.3) is 16.9 Å². The predicted molar refractivity (Wildman–Crippen MR) is 119 cm³/mol. The fourth-order valence-electron chi connectivity index (χ4n) is 3.42. The van der Waals surface area contributed by atoms with Crippen LogP contribution in [-0.4, -0.2) is 45.5 Å². The van der Waals surface area contributed by atoms with Gasteiger partial charge in [0.15, 0.2) is 9.84 Å². The minimum atomic E-state index is -3.36. The largest absolute Gasteiger partial charge is 0.462 e. The maximum atomic E-state index is 14.0. The van der Waals surface area contributed by atoms with Gasteiger partial charge in [-0.3, -0.25) is 0 Å². The Morgan fingerprint density at radius 1 is 1.12 bits per heavy atom. The van der Waals surface area contributed by atoms with Crippen LogP contribution in [0.5, 0.6) is 0 Å². The molecular formula is C23H25FN2O5S. The molecule has 2 N–H and O–H groups in total. The predicted octanol–water partition coefficient (Wildman–Crippen LogP) is 3.18. The Bertz CT molecular complexity index is 1220. The molecular weight excluding hydrogens is 435 g/mol. The molecule has 3 rings (SSSR count). The molecule has 0 aliphatic rings. The molecule has 32 heavy (non-hydrogen) atoms. The maximum absolute atomic E-state index is 14.0. The number of methoxy groups -OCH3 is 1. The topological polar surface area (TPSA) is 101 Å². The van der Waals surface area contributed by atoms with Crippen LogP contribution in [0.15, 0.2) is 59.5 Å². The lowest BCUT2D eigenvalue weighted by molar-refractivity contribution is -0.146. The Morgan fingerprint density at radius 3 is 2.41 bits per heavy atom. The highest BCUT2D eigenvalue weighted by Gasteiger charge is 2.25. The van der Waals surface area contributed by atoms with Crippen molar-refractivity contribution in [3.63, 3.8) is 0 Å². The van der Waals surface area contributed by atoms with Crippen molar-refractivity contribution in [2.45, 2.75) is 17.9 Å². The zero-order valence-electron chi connectivity index (χ0n) is 18.0. The molecule has 9 heteroatoms. The molecule has 0 spiro atoms. The van der Waals surface area contributed by atoms with Crippen LogP contribution in [0.1, 0.15) is 17.3 Å². The van der Waals surface area contributed by atoms with Crippen LogP contribution in [0.4, 0.5) is 4.39 Å². The quantitative estimate of drug-likeness (QED) is 0.409. The van der Waals surface area contributed by atoms with Gasteiger partial charge in [0, 0.05) is 30.3 Å². The van der Waals surface area contributed by atoms with Crippen LogP contribution in [0, 0.1) is 12.7 Å². The number of nitrogens with two attached hydrogens (primary N) is 1. The SMILES string of the molecule is COCCOC(=O)C(N)c1cc(-c2ccc(S(C)(=O)=O)cc2)n(-c2cccc(F)c2)c1C. The fourth-order valence-corrected chi connectivity index (χ4v) is 4.05. The third kappa shape index (κ3) is 5.07. The van der Waals surface area contributed by atoms with Gasteiger partial charge < -0.3 is 19.8 Å². The van der Waals surface area contributed by atoms with Crippen molar-refractivity contribution in [1.29, 1.82) is 0 Å². The first kappa shape index (κ1) is 23.6. The van der Waals surface area contributed by atoms with E-state index in [1.165, 1.54) is 31.4 Å². The summed E-state index contributed by atoms with van der Waals surface area (Å²) in [7, 11) is -1.86. The fraction of sp³-hybridized carbons (Fsp3) is 0.261. The zero-order valence-corrected chi connectivity index (χ0v) is 18.9. The summed E-state index contributed by atoms with van der Waals surface area (Å²) >= 11 is 0. The number of nitrogens with zero attached hydrogens (tertiary/aromatic N) is 1. The summed E-state index contributed by atoms with van der Waals surface area (Å²) in [6.07, 6.45) is 1.13. The standard InChI is InChI=1S/C23H25FN2O5S/c1-15-20(22(25)23(27)31-12-11-30-2)14-21(26(15)18-6-4-5-17(24)13-18)16-7-9-19(10-8-16)32(3,28)29/h4-10,13-14,22H,11-12,25H2,1-3H3. The molecule has 1 heterocycles. The molecule has 0 aliphatic heterocycles. The van der Waals surface area contributed by atoms with E-state index in [2.05, 4.69) is 0 Å². The summed E-state index contributed by atoms with van der Waals surface area (Å²) < 4.78 is 49.4. The molecule has 1 aromatic heterocycles. The van der Waals surface area contributed by atoms with E-state index in [0.29, 0.717) is 28.2 Å². The van der Waals surface area contributed by atoms with Crippen LogP contribution in [-0.2, 0) is 24.1 Å². The molecule has 1 atom stereocenters. The third-order valence-electron chi connectivity index (χ3n) is 5.05. The number of hydrogen-bond acceptors (Lipinski definition) is 6. The molecule has 0 aliphatic carbocycles. The second kappa shape index (κ2) is 9.64. The van der Waals surface area contributed by atoms with E-state index in [1.54, 1.807) is 41.8 Å². The average molecular weight is 461 g/mol. The monoisotopic (exact) mass is 460 g/mol. The van der Waals surface area contributed by atoms with Gasteiger partial charge in [0.05, 0.1) is 17.2 Å². The molecule has 0 amide bonds. The molecule has 170 valence electrons. The number of rotatable bonds is 8. The lowest BCUT2D eigenvalue weighted by Crippen LogP contribution is -2.25. The van der Waals surface area contributed by atoms with Crippen LogP contribution < -0.4 is 5.73 Å². The average Bonchev–Trinajstić information content (AvgIpc) is 3.09. The summed E-state index contributed by atoms with van der Waals surface area (Å²) in [4.78, 5) is 12.6. The summed E-state index contributed by atoms with van der Waals surface area (Å²) in [5, 5.41) is 0. The molecule has 0 saturated heterocycles. The number of sulfone groups is 1. The van der Waals surface area contributed by atoms with E-state index < -0.39 is 27.7 Å². The summed E-state index contributed by atoms with van der Waals surface area (Å²) in [6, 6.07) is 13.0. The molecule has 0 fully saturated rings. The number of aromatic nitrogens is 1. The second-order valence-electron chi connectivity index (χ2n) is 7.32. The highest BCUT2D eigenvalue weighted by Crippen LogP contribution is 2.33. The Balaban J connectivity index is 2.11. The molecule has 3 aromatic rings. The van der Waals surface area contributed by atoms with E-state index in [-0.39, 0.29) is 18.1 Å². The molecule has 0 bridgehead atoms. The first-order valence-corrected chi connectivity index (χ1v) is 11.7. The number of ether oxygens (including phenoxy) is 2. The number of hydrogen-bond donors (Lipinski definition) is 1. The lowest BCUT2D eigenvalue weighted by Gasteiger charge is -2.14. The van der Waals surface area contributed by atoms with Crippen LogP contribution >= 0.6 is 0 Å². The summed E-state index contributed by atoms with van der Waals surface area (Å²) in [6.45, 7) is 2.10. The molecule has 0 radical (unpaired) electrons. The Morgan fingerprint density at radius 2 is 1.81 bits per heavy atom. The highest BCUT2D eigenvalue weighted by atomic mass is 32.2. The van der Waals surface area contributed by atoms with Crippen LogP contribution in [0.3, 0.4) is 0 Å². The van der Waals surface area contributed by atoms with Gasteiger partial charge in [0.2, 0.25) is 0 Å². The number of esters is 1. The van der Waals surface area contributed by atoms with Gasteiger partial charge in [0.25, 0.3) is 0 Å². The second-order valence-corrected chi connectivity index (χ2v) is 9.34. The minimum Gasteiger partial charge on any atom is -0.462 e. The van der Waals surface area contributed by atoms with E-state index in [0.717, 1.165) is 6.26 Å². The summed E-state index contributed by atoms with van der Waals surface area (Å²) in [5.41, 5.74) is 9.18. The van der Waals surface area contributed by atoms with Crippen molar-refractivity contribution >= 4 is 15.8 Å². The van der Waals surface area contributed by atoms with E-state index in [9.17, 15) is 17.6 Å². The maximum Gasteiger partial charge on any atom is 0.327 e. The van der Waals surface area contributed by atoms with E-state index in [4.69, 9.17) is 15.2 Å². The normalized spacial score (nSPS) is 12.5. The van der Waals surface area contributed by atoms with Crippen LogP contribution in [0.2, 0.25) is 0 Å². The number of carbonyl (C=O) groups excluding carboxylic acids is 1. The first-order valence-electron chi connectivity index (χ1n) is 9.83. The van der Waals surface area contributed by atoms with Crippen molar-refractivity contribution in [3.8, 4) is 16.9 Å². The van der Waals surface area contributed by atoms with Gasteiger partial charge in [0.1, 0.15) is 18.5 Å². The molecule has 0 saturated carbocycles. The van der Waals surface area contributed by atoms with E-state index >= 15 is 0 Å². The summed E-state index contributed by atoms with van der Waals surface area (Å²) in [5.74, 6) is -1.03. The van der Waals surface area contributed by atoms with Gasteiger partial charge in [-0.2, -0.15) is 0 Å². The molecule has 1 unspecified atom stereocenters. The van der Waals surface area contributed by atoms with Crippen molar-refractivity contribution in [2.24, 2.45) is 5.73 Å². The van der Waals surface area contributed by atoms with Gasteiger partial charge >= 0.3 is 5.97 Å². The lowest BCUT2D eigenvalue weighted by atomic mass is 10.1. The molecule has 2 aromatic carbocycles. The Labute approximate surface area is 186 Å².